The molecule has 1 heterocycles. The Balaban J connectivity index is 2.71. The van der Waals surface area contributed by atoms with E-state index < -0.39 is 5.97 Å². The van der Waals surface area contributed by atoms with Crippen LogP contribution in [0.4, 0.5) is 5.69 Å². The summed E-state index contributed by atoms with van der Waals surface area (Å²) in [6.45, 7) is 0. The summed E-state index contributed by atoms with van der Waals surface area (Å²) in [6.07, 6.45) is 1.56. The fourth-order valence-corrected chi connectivity index (χ4v) is 1.46. The highest BCUT2D eigenvalue weighted by atomic mass is 16.5. The number of carbonyl (C=O) groups excluding carboxylic acids is 1. The van der Waals surface area contributed by atoms with Crippen LogP contribution in [0, 0.1) is 0 Å². The minimum atomic E-state index is -0.439. The van der Waals surface area contributed by atoms with Gasteiger partial charge in [0.05, 0.1) is 7.11 Å². The van der Waals surface area contributed by atoms with Crippen molar-refractivity contribution in [1.29, 1.82) is 0 Å². The van der Waals surface area contributed by atoms with Crippen molar-refractivity contribution < 1.29 is 9.53 Å². The lowest BCUT2D eigenvalue weighted by Crippen LogP contribution is -2.04. The molecule has 0 saturated carbocycles. The van der Waals surface area contributed by atoms with Crippen LogP contribution in [0.5, 0.6) is 0 Å². The summed E-state index contributed by atoms with van der Waals surface area (Å²) in [6, 6.07) is 7.10. The number of nitrogen functional groups attached to an aromatic ring is 1. The zero-order chi connectivity index (χ0) is 10.8. The van der Waals surface area contributed by atoms with Crippen LogP contribution in [-0.4, -0.2) is 18.1 Å². The Labute approximate surface area is 86.7 Å². The maximum Gasteiger partial charge on any atom is 0.357 e. The normalized spacial score (nSPS) is 10.2. The van der Waals surface area contributed by atoms with Gasteiger partial charge in [-0.1, -0.05) is 0 Å². The smallest absolute Gasteiger partial charge is 0.357 e. The van der Waals surface area contributed by atoms with Crippen molar-refractivity contribution in [1.82, 2.24) is 4.98 Å². The molecule has 0 unspecified atom stereocenters. The molecule has 2 N–H and O–H groups in total. The highest BCUT2D eigenvalue weighted by Crippen LogP contribution is 2.19. The van der Waals surface area contributed by atoms with Gasteiger partial charge in [0, 0.05) is 17.3 Å². The van der Waals surface area contributed by atoms with Crippen molar-refractivity contribution in [3.05, 3.63) is 36.2 Å². The van der Waals surface area contributed by atoms with Crippen LogP contribution in [0.2, 0.25) is 0 Å². The number of rotatable bonds is 1. The highest BCUT2D eigenvalue weighted by molar-refractivity contribution is 6.03. The van der Waals surface area contributed by atoms with Gasteiger partial charge >= 0.3 is 5.97 Å². The molecule has 2 rings (SSSR count). The summed E-state index contributed by atoms with van der Waals surface area (Å²) in [5, 5.41) is 1.63. The van der Waals surface area contributed by atoms with E-state index in [2.05, 4.69) is 9.72 Å². The number of pyridine rings is 1. The molecule has 15 heavy (non-hydrogen) atoms. The molecule has 0 spiro atoms. The fraction of sp³-hybridized carbons (Fsp3) is 0.0909. The molecule has 0 saturated heterocycles. The molecule has 0 aliphatic carbocycles. The predicted molar refractivity (Wildman–Crippen MR) is 57.5 cm³/mol. The van der Waals surface area contributed by atoms with Gasteiger partial charge in [-0.2, -0.15) is 0 Å². The third-order valence-electron chi connectivity index (χ3n) is 2.17. The van der Waals surface area contributed by atoms with Gasteiger partial charge in [-0.05, 0) is 29.7 Å². The van der Waals surface area contributed by atoms with Gasteiger partial charge in [-0.25, -0.2) is 9.78 Å². The molecule has 0 aliphatic heterocycles. The van der Waals surface area contributed by atoms with Crippen LogP contribution in [0.3, 0.4) is 0 Å². The van der Waals surface area contributed by atoms with Crippen LogP contribution in [0.15, 0.2) is 30.5 Å². The van der Waals surface area contributed by atoms with E-state index >= 15 is 0 Å². The first-order valence-electron chi connectivity index (χ1n) is 4.45. The zero-order valence-electron chi connectivity index (χ0n) is 8.23. The van der Waals surface area contributed by atoms with E-state index in [1.807, 2.05) is 0 Å². The van der Waals surface area contributed by atoms with Crippen LogP contribution in [-0.2, 0) is 4.74 Å². The molecule has 0 amide bonds. The molecule has 0 atom stereocenters. The molecule has 0 bridgehead atoms. The maximum absolute atomic E-state index is 11.4. The van der Waals surface area contributed by atoms with Crippen molar-refractivity contribution in [2.45, 2.75) is 0 Å². The standard InChI is InChI=1S/C11H10N2O2/c1-15-11(14)10-9-3-2-8(12)6-7(9)4-5-13-10/h2-6H,12H2,1H3. The number of esters is 1. The summed E-state index contributed by atoms with van der Waals surface area (Å²) < 4.78 is 4.64. The summed E-state index contributed by atoms with van der Waals surface area (Å²) >= 11 is 0. The SMILES string of the molecule is COC(=O)c1nccc2cc(N)ccc12. The van der Waals surface area contributed by atoms with E-state index in [1.54, 1.807) is 30.5 Å². The van der Waals surface area contributed by atoms with Crippen molar-refractivity contribution in [3.8, 4) is 0 Å². The molecule has 0 aliphatic rings. The van der Waals surface area contributed by atoms with Crippen molar-refractivity contribution in [3.63, 3.8) is 0 Å². The first-order chi connectivity index (χ1) is 7.22. The lowest BCUT2D eigenvalue weighted by atomic mass is 10.1. The molecule has 4 heteroatoms. The summed E-state index contributed by atoms with van der Waals surface area (Å²) in [5.41, 5.74) is 6.62. The zero-order valence-corrected chi connectivity index (χ0v) is 8.23. The Morgan fingerprint density at radius 3 is 2.93 bits per heavy atom. The monoisotopic (exact) mass is 202 g/mol. The summed E-state index contributed by atoms with van der Waals surface area (Å²) in [7, 11) is 1.33. The minimum absolute atomic E-state index is 0.315. The Bertz CT molecular complexity index is 523. The number of hydrogen-bond acceptors (Lipinski definition) is 4. The summed E-state index contributed by atoms with van der Waals surface area (Å²) in [4.78, 5) is 15.4. The Kier molecular flexibility index (Phi) is 2.25. The topological polar surface area (TPSA) is 65.2 Å². The van der Waals surface area contributed by atoms with E-state index in [0.29, 0.717) is 11.4 Å². The molecular formula is C11H10N2O2. The molecule has 1 aromatic heterocycles. The lowest BCUT2D eigenvalue weighted by Gasteiger charge is -2.03. The van der Waals surface area contributed by atoms with E-state index in [-0.39, 0.29) is 0 Å². The third kappa shape index (κ3) is 1.61. The molecule has 1 aromatic carbocycles. The van der Waals surface area contributed by atoms with E-state index in [1.165, 1.54) is 7.11 Å². The number of carbonyl (C=O) groups is 1. The fourth-order valence-electron chi connectivity index (χ4n) is 1.46. The average molecular weight is 202 g/mol. The second kappa shape index (κ2) is 3.57. The van der Waals surface area contributed by atoms with Gasteiger partial charge in [0.15, 0.2) is 5.69 Å². The minimum Gasteiger partial charge on any atom is -0.464 e. The highest BCUT2D eigenvalue weighted by Gasteiger charge is 2.11. The largest absolute Gasteiger partial charge is 0.464 e. The van der Waals surface area contributed by atoms with Crippen LogP contribution in [0.1, 0.15) is 10.5 Å². The Hall–Kier alpha value is -2.10. The number of anilines is 1. The van der Waals surface area contributed by atoms with Gasteiger partial charge in [-0.15, -0.1) is 0 Å². The van der Waals surface area contributed by atoms with Gasteiger partial charge in [0.1, 0.15) is 0 Å². The van der Waals surface area contributed by atoms with Gasteiger partial charge in [0.2, 0.25) is 0 Å². The first kappa shape index (κ1) is 9.45. The van der Waals surface area contributed by atoms with Crippen LogP contribution >= 0.6 is 0 Å². The van der Waals surface area contributed by atoms with Crippen molar-refractivity contribution in [2.24, 2.45) is 0 Å². The third-order valence-corrected chi connectivity index (χ3v) is 2.17. The molecule has 0 fully saturated rings. The Morgan fingerprint density at radius 1 is 1.40 bits per heavy atom. The first-order valence-corrected chi connectivity index (χ1v) is 4.45. The number of benzene rings is 1. The molecular weight excluding hydrogens is 192 g/mol. The molecule has 4 nitrogen and oxygen atoms in total. The van der Waals surface area contributed by atoms with E-state index in [4.69, 9.17) is 5.73 Å². The maximum atomic E-state index is 11.4. The van der Waals surface area contributed by atoms with Gasteiger partial charge < -0.3 is 10.5 Å². The number of nitrogens with zero attached hydrogens (tertiary/aromatic N) is 1. The molecule has 0 radical (unpaired) electrons. The van der Waals surface area contributed by atoms with Crippen LogP contribution in [0.25, 0.3) is 10.8 Å². The van der Waals surface area contributed by atoms with Crippen molar-refractivity contribution >= 4 is 22.4 Å². The second-order valence-corrected chi connectivity index (χ2v) is 3.13. The number of aromatic nitrogens is 1. The lowest BCUT2D eigenvalue weighted by molar-refractivity contribution is 0.0596. The Morgan fingerprint density at radius 2 is 2.20 bits per heavy atom. The summed E-state index contributed by atoms with van der Waals surface area (Å²) in [5.74, 6) is -0.439. The van der Waals surface area contributed by atoms with Gasteiger partial charge in [0.25, 0.3) is 0 Å². The van der Waals surface area contributed by atoms with E-state index in [9.17, 15) is 4.79 Å². The predicted octanol–water partition coefficient (Wildman–Crippen LogP) is 1.60. The average Bonchev–Trinajstić information content (AvgIpc) is 2.26. The van der Waals surface area contributed by atoms with Crippen LogP contribution < -0.4 is 5.73 Å². The number of methoxy groups -OCH3 is 1. The number of hydrogen-bond donors (Lipinski definition) is 1. The number of fused-ring (bicyclic) bond motifs is 1. The molecule has 2 aromatic rings. The quantitative estimate of drug-likeness (QED) is 0.563. The second-order valence-electron chi connectivity index (χ2n) is 3.13. The van der Waals surface area contributed by atoms with Gasteiger partial charge in [-0.3, -0.25) is 0 Å². The number of nitrogens with two attached hydrogens (primary N) is 1. The number of ether oxygens (including phenoxy) is 1. The molecule has 76 valence electrons. The van der Waals surface area contributed by atoms with E-state index in [0.717, 1.165) is 10.8 Å². The van der Waals surface area contributed by atoms with Crippen molar-refractivity contribution in [2.75, 3.05) is 12.8 Å².